The molecule has 22 heavy (non-hydrogen) atoms. The van der Waals surface area contributed by atoms with Crippen LogP contribution >= 0.6 is 7.60 Å². The van der Waals surface area contributed by atoms with Gasteiger partial charge in [-0.2, -0.15) is 0 Å². The Morgan fingerprint density at radius 3 is 2.82 bits per heavy atom. The van der Waals surface area contributed by atoms with Crippen molar-refractivity contribution in [2.45, 2.75) is 6.42 Å². The van der Waals surface area contributed by atoms with Crippen molar-refractivity contribution >= 4 is 31.9 Å². The second kappa shape index (κ2) is 7.11. The van der Waals surface area contributed by atoms with Crippen molar-refractivity contribution < 1.29 is 23.9 Å². The van der Waals surface area contributed by atoms with Crippen LogP contribution in [0.5, 0.6) is 0 Å². The second-order valence-corrected chi connectivity index (χ2v) is 6.95. The summed E-state index contributed by atoms with van der Waals surface area (Å²) in [5.74, 6) is 0. The third-order valence-electron chi connectivity index (χ3n) is 3.26. The molecule has 0 aromatic heterocycles. The van der Waals surface area contributed by atoms with E-state index in [1.165, 1.54) is 0 Å². The van der Waals surface area contributed by atoms with Gasteiger partial charge in [0.1, 0.15) is 11.7 Å². The number of aldehydes is 1. The second-order valence-electron chi connectivity index (χ2n) is 5.18. The van der Waals surface area contributed by atoms with Gasteiger partial charge in [-0.15, -0.1) is 0 Å². The summed E-state index contributed by atoms with van der Waals surface area (Å²) in [6.07, 6.45) is 5.89. The molecule has 1 aliphatic rings. The van der Waals surface area contributed by atoms with Crippen LogP contribution < -0.4 is 0 Å². The summed E-state index contributed by atoms with van der Waals surface area (Å²) < 4.78 is 16.1. The minimum atomic E-state index is -4.00. The molecule has 1 atom stereocenters. The van der Waals surface area contributed by atoms with Crippen LogP contribution in [-0.4, -0.2) is 41.7 Å². The van der Waals surface area contributed by atoms with E-state index in [4.69, 9.17) is 14.5 Å². The number of rotatable bonds is 7. The number of carbonyl (C=O) groups is 1. The molecule has 0 amide bonds. The minimum Gasteiger partial charge on any atom is -0.380 e. The fourth-order valence-electron chi connectivity index (χ4n) is 2.03. The van der Waals surface area contributed by atoms with Gasteiger partial charge in [-0.25, -0.2) is 0 Å². The van der Waals surface area contributed by atoms with Gasteiger partial charge in [0.05, 0.1) is 18.5 Å². The van der Waals surface area contributed by atoms with Crippen LogP contribution in [-0.2, 0) is 14.1 Å². The zero-order chi connectivity index (χ0) is 16.1. The fraction of sp³-hybridized carbons (Fsp3) is 0.333. The largest absolute Gasteiger partial charge is 0.380 e. The van der Waals surface area contributed by atoms with E-state index in [-0.39, 0.29) is 25.8 Å². The first-order chi connectivity index (χ1) is 10.4. The lowest BCUT2D eigenvalue weighted by Crippen LogP contribution is -2.28. The standard InChI is InChI=1S/C15H18NO5P/c17-11-15(12-21-8-3-9-22(18,19)20)7-6-13-4-1-2-5-14(13)16-10-15/h1-2,4-7,10-11H,3,8-9,12H2,(H2,18,19,20). The zero-order valence-corrected chi connectivity index (χ0v) is 12.9. The monoisotopic (exact) mass is 323 g/mol. The van der Waals surface area contributed by atoms with Crippen molar-refractivity contribution in [2.75, 3.05) is 19.4 Å². The van der Waals surface area contributed by atoms with Crippen molar-refractivity contribution in [2.24, 2.45) is 10.4 Å². The molecule has 0 aliphatic carbocycles. The Morgan fingerprint density at radius 1 is 1.32 bits per heavy atom. The van der Waals surface area contributed by atoms with Gasteiger partial charge in [0.15, 0.2) is 0 Å². The number of carbonyl (C=O) groups excluding carboxylic acids is 1. The van der Waals surface area contributed by atoms with Crippen molar-refractivity contribution in [3.63, 3.8) is 0 Å². The van der Waals surface area contributed by atoms with Gasteiger partial charge in [-0.05, 0) is 18.1 Å². The number of aliphatic imine (C=N–C) groups is 1. The molecule has 1 aromatic carbocycles. The van der Waals surface area contributed by atoms with E-state index < -0.39 is 13.0 Å². The number of nitrogens with zero attached hydrogens (tertiary/aromatic N) is 1. The van der Waals surface area contributed by atoms with E-state index in [0.717, 1.165) is 17.5 Å². The summed E-state index contributed by atoms with van der Waals surface area (Å²) in [5, 5.41) is 0. The third kappa shape index (κ3) is 4.71. The Balaban J connectivity index is 1.97. The van der Waals surface area contributed by atoms with Crippen LogP contribution in [0.2, 0.25) is 0 Å². The van der Waals surface area contributed by atoms with Crippen LogP contribution in [0.25, 0.3) is 6.08 Å². The highest BCUT2D eigenvalue weighted by Gasteiger charge is 2.26. The molecule has 1 unspecified atom stereocenters. The Morgan fingerprint density at radius 2 is 2.09 bits per heavy atom. The van der Waals surface area contributed by atoms with Crippen molar-refractivity contribution in [1.29, 1.82) is 0 Å². The lowest BCUT2D eigenvalue weighted by molar-refractivity contribution is -0.113. The van der Waals surface area contributed by atoms with Gasteiger partial charge in [-0.1, -0.05) is 30.4 Å². The first kappa shape index (κ1) is 16.8. The molecule has 0 fully saturated rings. The van der Waals surface area contributed by atoms with Crippen molar-refractivity contribution in [3.05, 3.63) is 35.9 Å². The first-order valence-electron chi connectivity index (χ1n) is 6.86. The highest BCUT2D eigenvalue weighted by Crippen LogP contribution is 2.34. The van der Waals surface area contributed by atoms with E-state index >= 15 is 0 Å². The van der Waals surface area contributed by atoms with Gasteiger partial charge in [-0.3, -0.25) is 9.56 Å². The highest BCUT2D eigenvalue weighted by molar-refractivity contribution is 7.51. The van der Waals surface area contributed by atoms with Gasteiger partial charge < -0.3 is 19.3 Å². The molecule has 1 aliphatic heterocycles. The van der Waals surface area contributed by atoms with Gasteiger partial charge in [0.25, 0.3) is 0 Å². The van der Waals surface area contributed by atoms with E-state index in [0.29, 0.717) is 0 Å². The molecule has 7 heteroatoms. The normalized spacial score (nSPS) is 20.5. The molecular formula is C15H18NO5P. The quantitative estimate of drug-likeness (QED) is 0.455. The van der Waals surface area contributed by atoms with Crippen LogP contribution in [0.3, 0.4) is 0 Å². The molecule has 0 bridgehead atoms. The maximum Gasteiger partial charge on any atom is 0.325 e. The molecule has 0 saturated heterocycles. The summed E-state index contributed by atoms with van der Waals surface area (Å²) in [6, 6.07) is 7.53. The Kier molecular flexibility index (Phi) is 5.42. The molecule has 0 saturated carbocycles. The average Bonchev–Trinajstić information content (AvgIpc) is 2.67. The molecule has 0 spiro atoms. The number of hydrogen-bond donors (Lipinski definition) is 2. The molecule has 2 rings (SSSR count). The third-order valence-corrected chi connectivity index (χ3v) is 4.16. The SMILES string of the molecule is O=CC1(COCCCP(=O)(O)O)C=Cc2ccccc2N=C1. The summed E-state index contributed by atoms with van der Waals surface area (Å²) in [7, 11) is -4.00. The molecule has 0 radical (unpaired) electrons. The highest BCUT2D eigenvalue weighted by atomic mass is 31.2. The molecule has 1 aromatic rings. The Bertz CT molecular complexity index is 602. The summed E-state index contributed by atoms with van der Waals surface area (Å²) in [4.78, 5) is 33.3. The molecule has 2 N–H and O–H groups in total. The molecule has 6 nitrogen and oxygen atoms in total. The average molecular weight is 323 g/mol. The van der Waals surface area contributed by atoms with Crippen molar-refractivity contribution in [3.8, 4) is 0 Å². The van der Waals surface area contributed by atoms with Crippen LogP contribution in [0.15, 0.2) is 35.3 Å². The molecule has 118 valence electrons. The predicted octanol–water partition coefficient (Wildman–Crippen LogP) is 2.19. The van der Waals surface area contributed by atoms with Gasteiger partial charge in [0, 0.05) is 12.8 Å². The fourth-order valence-corrected chi connectivity index (χ4v) is 2.58. The lowest BCUT2D eigenvalue weighted by Gasteiger charge is -2.18. The summed E-state index contributed by atoms with van der Waals surface area (Å²) in [5.41, 5.74) is 0.745. The zero-order valence-electron chi connectivity index (χ0n) is 12.0. The Hall–Kier alpha value is -1.59. The number of fused-ring (bicyclic) bond motifs is 1. The molecule has 1 heterocycles. The van der Waals surface area contributed by atoms with E-state index in [2.05, 4.69) is 4.99 Å². The van der Waals surface area contributed by atoms with Crippen molar-refractivity contribution in [1.82, 2.24) is 0 Å². The van der Waals surface area contributed by atoms with Gasteiger partial charge in [0.2, 0.25) is 0 Å². The number of hydrogen-bond acceptors (Lipinski definition) is 4. The summed E-state index contributed by atoms with van der Waals surface area (Å²) >= 11 is 0. The topological polar surface area (TPSA) is 96.2 Å². The van der Waals surface area contributed by atoms with E-state index in [1.54, 1.807) is 12.3 Å². The summed E-state index contributed by atoms with van der Waals surface area (Å²) in [6.45, 7) is 0.265. The predicted molar refractivity (Wildman–Crippen MR) is 84.5 cm³/mol. The van der Waals surface area contributed by atoms with E-state index in [9.17, 15) is 9.36 Å². The first-order valence-corrected chi connectivity index (χ1v) is 8.66. The smallest absolute Gasteiger partial charge is 0.325 e. The Labute approximate surface area is 128 Å². The minimum absolute atomic E-state index is 0.0889. The maximum atomic E-state index is 11.5. The number of benzene rings is 1. The van der Waals surface area contributed by atoms with Gasteiger partial charge >= 0.3 is 7.60 Å². The lowest BCUT2D eigenvalue weighted by atomic mass is 9.92. The van der Waals surface area contributed by atoms with Crippen LogP contribution in [0, 0.1) is 5.41 Å². The van der Waals surface area contributed by atoms with Crippen LogP contribution in [0.1, 0.15) is 12.0 Å². The van der Waals surface area contributed by atoms with Crippen LogP contribution in [0.4, 0.5) is 5.69 Å². The maximum absolute atomic E-state index is 11.5. The molecular weight excluding hydrogens is 305 g/mol. The number of para-hydroxylation sites is 1. The number of ether oxygens (including phenoxy) is 1. The van der Waals surface area contributed by atoms with E-state index in [1.807, 2.05) is 30.3 Å².